The number of aryl methyl sites for hydroxylation is 1. The van der Waals surface area contributed by atoms with Gasteiger partial charge in [-0.25, -0.2) is 14.6 Å². The molecule has 0 spiro atoms. The van der Waals surface area contributed by atoms with E-state index in [0.29, 0.717) is 0 Å². The van der Waals surface area contributed by atoms with E-state index in [0.717, 1.165) is 10.8 Å². The van der Waals surface area contributed by atoms with Crippen LogP contribution in [0.15, 0.2) is 63.9 Å². The molecule has 2 unspecified atom stereocenters. The molecule has 0 amide bonds. The largest absolute Gasteiger partial charge is 0.478 e. The average Bonchev–Trinajstić information content (AvgIpc) is 3.06. The van der Waals surface area contributed by atoms with E-state index in [4.69, 9.17) is 25.9 Å². The lowest BCUT2D eigenvalue weighted by molar-refractivity contribution is -0.154. The van der Waals surface area contributed by atoms with E-state index in [1.54, 1.807) is 0 Å². The maximum absolute atomic E-state index is 14.2. The zero-order valence-electron chi connectivity index (χ0n) is 18.3. The quantitative estimate of drug-likeness (QED) is 0.338. The summed E-state index contributed by atoms with van der Waals surface area (Å²) in [6.45, 7) is 1.42. The number of alkyl halides is 3. The van der Waals surface area contributed by atoms with E-state index in [9.17, 15) is 22.8 Å². The van der Waals surface area contributed by atoms with Crippen LogP contribution in [-0.2, 0) is 7.05 Å². The van der Waals surface area contributed by atoms with Gasteiger partial charge in [0.1, 0.15) is 5.75 Å². The summed E-state index contributed by atoms with van der Waals surface area (Å²) in [7, 11) is 1.42. The lowest BCUT2D eigenvalue weighted by atomic mass is 9.82. The topological polar surface area (TPSA) is 94.6 Å². The van der Waals surface area contributed by atoms with Crippen molar-refractivity contribution in [1.82, 2.24) is 9.55 Å². The molecule has 0 radical (unpaired) electrons. The Bertz CT molecular complexity index is 1460. The Morgan fingerprint density at radius 1 is 1.17 bits per heavy atom. The normalized spacial score (nSPS) is 13.5. The van der Waals surface area contributed by atoms with Gasteiger partial charge >= 0.3 is 17.9 Å². The monoisotopic (exact) mass is 506 g/mol. The van der Waals surface area contributed by atoms with Gasteiger partial charge in [-0.1, -0.05) is 30.7 Å². The van der Waals surface area contributed by atoms with Gasteiger partial charge in [0.2, 0.25) is 5.88 Å². The van der Waals surface area contributed by atoms with Crippen LogP contribution in [0.4, 0.5) is 13.2 Å². The number of oxazole rings is 1. The number of fused-ring (bicyclic) bond motifs is 1. The first-order valence-electron chi connectivity index (χ1n) is 10.3. The molecule has 182 valence electrons. The molecule has 4 aromatic rings. The van der Waals surface area contributed by atoms with Crippen molar-refractivity contribution >= 4 is 28.7 Å². The molecule has 11 heteroatoms. The summed E-state index contributed by atoms with van der Waals surface area (Å²) in [6, 6.07) is 10.9. The number of hydrogen-bond acceptors (Lipinski definition) is 5. The molecule has 1 N–H and O–H groups in total. The van der Waals surface area contributed by atoms with Crippen LogP contribution in [0.2, 0.25) is 5.02 Å². The molecule has 2 aromatic heterocycles. The predicted octanol–water partition coefficient (Wildman–Crippen LogP) is 6.12. The molecule has 0 aliphatic heterocycles. The Kier molecular flexibility index (Phi) is 6.33. The lowest BCUT2D eigenvalue weighted by Crippen LogP contribution is -2.26. The zero-order valence-corrected chi connectivity index (χ0v) is 19.1. The van der Waals surface area contributed by atoms with E-state index in [1.807, 2.05) is 0 Å². The fourth-order valence-electron chi connectivity index (χ4n) is 3.91. The van der Waals surface area contributed by atoms with E-state index in [-0.39, 0.29) is 44.4 Å². The van der Waals surface area contributed by atoms with Crippen molar-refractivity contribution in [3.63, 3.8) is 0 Å². The lowest BCUT2D eigenvalue weighted by Gasteiger charge is -2.28. The van der Waals surface area contributed by atoms with Crippen LogP contribution in [0.3, 0.4) is 0 Å². The Balaban J connectivity index is 1.65. The van der Waals surface area contributed by atoms with Crippen molar-refractivity contribution < 1.29 is 32.2 Å². The zero-order chi connectivity index (χ0) is 25.5. The fourth-order valence-corrected chi connectivity index (χ4v) is 4.25. The summed E-state index contributed by atoms with van der Waals surface area (Å²) in [6.07, 6.45) is -3.49. The molecule has 2 heterocycles. The molecule has 35 heavy (non-hydrogen) atoms. The number of nitrogens with zero attached hydrogens (tertiary/aromatic N) is 2. The molecule has 0 saturated carbocycles. The number of ether oxygens (including phenoxy) is 1. The Labute approximate surface area is 201 Å². The maximum atomic E-state index is 14.2. The molecule has 7 nitrogen and oxygen atoms in total. The van der Waals surface area contributed by atoms with Crippen LogP contribution in [0.1, 0.15) is 40.2 Å². The van der Waals surface area contributed by atoms with Gasteiger partial charge in [-0.15, -0.1) is 0 Å². The molecule has 4 rings (SSSR count). The number of rotatable bonds is 6. The fraction of sp³-hybridized carbons (Fsp3) is 0.208. The van der Waals surface area contributed by atoms with Crippen molar-refractivity contribution in [2.24, 2.45) is 7.05 Å². The van der Waals surface area contributed by atoms with Crippen LogP contribution in [0.5, 0.6) is 11.6 Å². The molecule has 0 fully saturated rings. The van der Waals surface area contributed by atoms with Gasteiger partial charge in [0.05, 0.1) is 17.0 Å². The van der Waals surface area contributed by atoms with E-state index in [1.165, 1.54) is 62.5 Å². The highest BCUT2D eigenvalue weighted by Gasteiger charge is 2.45. The number of aromatic carboxylic acids is 1. The Morgan fingerprint density at radius 3 is 2.51 bits per heavy atom. The number of hydrogen-bond donors (Lipinski definition) is 1. The molecule has 2 aromatic carbocycles. The number of benzene rings is 2. The van der Waals surface area contributed by atoms with E-state index >= 15 is 0 Å². The van der Waals surface area contributed by atoms with Crippen LogP contribution in [-0.4, -0.2) is 26.8 Å². The molecule has 0 saturated heterocycles. The van der Waals surface area contributed by atoms with Crippen molar-refractivity contribution in [1.29, 1.82) is 0 Å². The van der Waals surface area contributed by atoms with Gasteiger partial charge < -0.3 is 14.3 Å². The van der Waals surface area contributed by atoms with Crippen LogP contribution in [0, 0.1) is 0 Å². The predicted molar refractivity (Wildman–Crippen MR) is 121 cm³/mol. The summed E-state index contributed by atoms with van der Waals surface area (Å²) in [5.41, 5.74) is 0.640. The van der Waals surface area contributed by atoms with Crippen molar-refractivity contribution in [3.8, 4) is 11.6 Å². The van der Waals surface area contributed by atoms with Crippen LogP contribution < -0.4 is 10.5 Å². The third-order valence-corrected chi connectivity index (χ3v) is 6.02. The number of pyridine rings is 1. The minimum Gasteiger partial charge on any atom is -0.478 e. The van der Waals surface area contributed by atoms with Gasteiger partial charge in [-0.05, 0) is 47.4 Å². The highest BCUT2D eigenvalue weighted by Crippen LogP contribution is 2.47. The summed E-state index contributed by atoms with van der Waals surface area (Å²) in [5, 5.41) is 9.00. The first-order valence-corrected chi connectivity index (χ1v) is 10.7. The van der Waals surface area contributed by atoms with E-state index < -0.39 is 29.7 Å². The van der Waals surface area contributed by atoms with Gasteiger partial charge in [0.15, 0.2) is 5.58 Å². The molecular formula is C24H18ClF3N2O5. The number of carboxylic acid groups (broad SMARTS) is 1. The maximum Gasteiger partial charge on any atom is 0.419 e. The minimum atomic E-state index is -4.61. The first-order chi connectivity index (χ1) is 16.5. The number of carbonyl (C=O) groups is 1. The number of halogens is 4. The third-order valence-electron chi connectivity index (χ3n) is 5.70. The minimum absolute atomic E-state index is 0.0218. The Morgan fingerprint density at radius 2 is 1.91 bits per heavy atom. The smallest absolute Gasteiger partial charge is 0.419 e. The molecule has 0 bridgehead atoms. The van der Waals surface area contributed by atoms with Crippen molar-refractivity contribution in [2.45, 2.75) is 24.9 Å². The second-order valence-electron chi connectivity index (χ2n) is 7.94. The Hall–Kier alpha value is -3.79. The first kappa shape index (κ1) is 24.3. The number of aromatic nitrogens is 2. The highest BCUT2D eigenvalue weighted by molar-refractivity contribution is 6.31. The number of carboxylic acids is 1. The molecule has 2 atom stereocenters. The summed E-state index contributed by atoms with van der Waals surface area (Å²) in [4.78, 5) is 26.6. The van der Waals surface area contributed by atoms with Crippen molar-refractivity contribution in [2.75, 3.05) is 0 Å². The second-order valence-corrected chi connectivity index (χ2v) is 8.34. The van der Waals surface area contributed by atoms with E-state index in [2.05, 4.69) is 4.98 Å². The van der Waals surface area contributed by atoms with Gasteiger partial charge in [-0.3, -0.25) is 4.57 Å². The molecule has 0 aliphatic carbocycles. The van der Waals surface area contributed by atoms with Crippen molar-refractivity contribution in [3.05, 3.63) is 87.0 Å². The molecule has 0 aliphatic rings. The van der Waals surface area contributed by atoms with Gasteiger partial charge in [0.25, 0.3) is 0 Å². The SMILES string of the molecule is CC(c1ccc(Oc2ccc(C(=O)O)cn2)cc1Cl)C(c1ccc2oc(=O)n(C)c2c1)C(F)(F)F. The summed E-state index contributed by atoms with van der Waals surface area (Å²) >= 11 is 6.36. The van der Waals surface area contributed by atoms with Gasteiger partial charge in [0, 0.05) is 24.3 Å². The van der Waals surface area contributed by atoms with Crippen LogP contribution in [0.25, 0.3) is 11.1 Å². The highest BCUT2D eigenvalue weighted by atomic mass is 35.5. The van der Waals surface area contributed by atoms with Crippen LogP contribution >= 0.6 is 11.6 Å². The average molecular weight is 507 g/mol. The second kappa shape index (κ2) is 9.10. The summed E-state index contributed by atoms with van der Waals surface area (Å²) < 4.78 is 54.4. The third kappa shape index (κ3) is 4.88. The summed E-state index contributed by atoms with van der Waals surface area (Å²) in [5.74, 6) is -4.48. The van der Waals surface area contributed by atoms with Gasteiger partial charge in [-0.2, -0.15) is 13.2 Å². The molecular weight excluding hydrogens is 489 g/mol. The standard InChI is InChI=1S/C24H18ClF3N2O5/c1-12(21(24(26,27)28)13-3-7-19-18(9-13)30(2)23(33)35-19)16-6-5-15(10-17(16)25)34-20-8-4-14(11-29-20)22(31)32/h3-12,21H,1-2H3,(H,31,32).